The van der Waals surface area contributed by atoms with Crippen molar-refractivity contribution in [2.24, 2.45) is 5.92 Å². The Hall–Kier alpha value is -2.70. The second kappa shape index (κ2) is 8.67. The van der Waals surface area contributed by atoms with Gasteiger partial charge in [0.2, 0.25) is 11.8 Å². The van der Waals surface area contributed by atoms with Gasteiger partial charge in [-0.05, 0) is 24.0 Å². The number of carbonyl (C=O) groups is 2. The zero-order valence-corrected chi connectivity index (χ0v) is 13.4. The fourth-order valence-electron chi connectivity index (χ4n) is 2.01. The maximum Gasteiger partial charge on any atom is 0.270 e. The van der Waals surface area contributed by atoms with E-state index < -0.39 is 16.9 Å². The van der Waals surface area contributed by atoms with Crippen molar-refractivity contribution in [3.05, 3.63) is 46.0 Å². The maximum absolute atomic E-state index is 11.9. The lowest BCUT2D eigenvalue weighted by atomic mass is 10.0. The molecule has 2 N–H and O–H groups in total. The van der Waals surface area contributed by atoms with Crippen molar-refractivity contribution < 1.29 is 14.5 Å². The molecule has 0 aliphatic rings. The molecule has 1 atom stereocenters. The Labute approximate surface area is 134 Å². The molecule has 1 rings (SSSR count). The standard InChI is InChI=1S/C16H21N3O4/c1-11(2)9-14(16(21)17-3)18-15(20)8-7-12-5-4-6-13(10-12)19(22)23/h4-8,10-11,14H,9H2,1-3H3,(H,17,21)(H,18,20)/b8-7+. The number of non-ortho nitro benzene ring substituents is 1. The molecule has 0 aromatic heterocycles. The third-order valence-corrected chi connectivity index (χ3v) is 3.09. The minimum absolute atomic E-state index is 0.0457. The van der Waals surface area contributed by atoms with Gasteiger partial charge in [0.25, 0.3) is 5.69 Å². The van der Waals surface area contributed by atoms with E-state index in [0.717, 1.165) is 0 Å². The zero-order chi connectivity index (χ0) is 17.4. The molecule has 1 aromatic carbocycles. The number of nitro groups is 1. The zero-order valence-electron chi connectivity index (χ0n) is 13.4. The van der Waals surface area contributed by atoms with E-state index in [9.17, 15) is 19.7 Å². The molecule has 1 aromatic rings. The lowest BCUT2D eigenvalue weighted by Gasteiger charge is -2.18. The van der Waals surface area contributed by atoms with Crippen LogP contribution in [-0.4, -0.2) is 29.8 Å². The molecule has 1 unspecified atom stereocenters. The first-order valence-electron chi connectivity index (χ1n) is 7.28. The van der Waals surface area contributed by atoms with Gasteiger partial charge in [-0.25, -0.2) is 0 Å². The van der Waals surface area contributed by atoms with Gasteiger partial charge in [0.05, 0.1) is 4.92 Å². The van der Waals surface area contributed by atoms with Crippen molar-refractivity contribution in [3.8, 4) is 0 Å². The minimum atomic E-state index is -0.609. The number of nitro benzene ring substituents is 1. The summed E-state index contributed by atoms with van der Waals surface area (Å²) < 4.78 is 0. The van der Waals surface area contributed by atoms with Crippen LogP contribution in [0.5, 0.6) is 0 Å². The molecule has 124 valence electrons. The van der Waals surface area contributed by atoms with Crippen LogP contribution in [0, 0.1) is 16.0 Å². The lowest BCUT2D eigenvalue weighted by molar-refractivity contribution is -0.384. The van der Waals surface area contributed by atoms with Gasteiger partial charge >= 0.3 is 0 Å². The number of nitrogens with one attached hydrogen (secondary N) is 2. The van der Waals surface area contributed by atoms with Gasteiger partial charge in [0.1, 0.15) is 6.04 Å². The fourth-order valence-corrected chi connectivity index (χ4v) is 2.01. The predicted octanol–water partition coefficient (Wildman–Crippen LogP) is 1.88. The Morgan fingerprint density at radius 1 is 1.35 bits per heavy atom. The van der Waals surface area contributed by atoms with Crippen LogP contribution >= 0.6 is 0 Å². The number of amides is 2. The lowest BCUT2D eigenvalue weighted by Crippen LogP contribution is -2.45. The molecule has 0 saturated carbocycles. The van der Waals surface area contributed by atoms with E-state index in [1.54, 1.807) is 12.1 Å². The van der Waals surface area contributed by atoms with Crippen LogP contribution in [0.1, 0.15) is 25.8 Å². The number of carbonyl (C=O) groups excluding carboxylic acids is 2. The molecular formula is C16H21N3O4. The highest BCUT2D eigenvalue weighted by molar-refractivity contribution is 5.95. The van der Waals surface area contributed by atoms with Crippen LogP contribution in [0.4, 0.5) is 5.69 Å². The summed E-state index contributed by atoms with van der Waals surface area (Å²) in [6.45, 7) is 3.92. The normalized spacial score (nSPS) is 12.2. The van der Waals surface area contributed by atoms with Crippen LogP contribution in [0.2, 0.25) is 0 Å². The number of hydrogen-bond donors (Lipinski definition) is 2. The van der Waals surface area contributed by atoms with E-state index in [1.807, 2.05) is 13.8 Å². The molecule has 0 radical (unpaired) electrons. The molecule has 7 heteroatoms. The van der Waals surface area contributed by atoms with Crippen molar-refractivity contribution >= 4 is 23.6 Å². The Kier molecular flexibility index (Phi) is 6.92. The summed E-state index contributed by atoms with van der Waals surface area (Å²) in [5, 5.41) is 15.9. The molecule has 0 aliphatic heterocycles. The molecule has 0 saturated heterocycles. The first-order valence-corrected chi connectivity index (χ1v) is 7.28. The average Bonchev–Trinajstić information content (AvgIpc) is 2.51. The molecule has 0 fully saturated rings. The van der Waals surface area contributed by atoms with E-state index in [2.05, 4.69) is 10.6 Å². The fraction of sp³-hybridized carbons (Fsp3) is 0.375. The Balaban J connectivity index is 2.75. The summed E-state index contributed by atoms with van der Waals surface area (Å²) in [7, 11) is 1.51. The number of nitrogens with zero attached hydrogens (tertiary/aromatic N) is 1. The Morgan fingerprint density at radius 3 is 2.61 bits per heavy atom. The van der Waals surface area contributed by atoms with Gasteiger partial charge in [-0.3, -0.25) is 19.7 Å². The number of likely N-dealkylation sites (N-methyl/N-ethyl adjacent to an activating group) is 1. The third-order valence-electron chi connectivity index (χ3n) is 3.09. The van der Waals surface area contributed by atoms with Crippen molar-refractivity contribution in [1.29, 1.82) is 0 Å². The summed E-state index contributed by atoms with van der Waals surface area (Å²) >= 11 is 0. The Morgan fingerprint density at radius 2 is 2.04 bits per heavy atom. The summed E-state index contributed by atoms with van der Waals surface area (Å²) in [5.74, 6) is -0.431. The molecule has 0 spiro atoms. The highest BCUT2D eigenvalue weighted by atomic mass is 16.6. The van der Waals surface area contributed by atoms with E-state index >= 15 is 0 Å². The first-order chi connectivity index (χ1) is 10.8. The number of hydrogen-bond acceptors (Lipinski definition) is 4. The molecule has 0 heterocycles. The van der Waals surface area contributed by atoms with Gasteiger partial charge in [-0.15, -0.1) is 0 Å². The van der Waals surface area contributed by atoms with Crippen molar-refractivity contribution in [2.75, 3.05) is 7.05 Å². The van der Waals surface area contributed by atoms with E-state index in [0.29, 0.717) is 12.0 Å². The van der Waals surface area contributed by atoms with Crippen LogP contribution < -0.4 is 10.6 Å². The Bertz CT molecular complexity index is 611. The van der Waals surface area contributed by atoms with Gasteiger partial charge in [-0.1, -0.05) is 26.0 Å². The van der Waals surface area contributed by atoms with Crippen LogP contribution in [0.3, 0.4) is 0 Å². The van der Waals surface area contributed by atoms with Crippen molar-refractivity contribution in [2.45, 2.75) is 26.3 Å². The quantitative estimate of drug-likeness (QED) is 0.455. The molecule has 7 nitrogen and oxygen atoms in total. The van der Waals surface area contributed by atoms with Crippen molar-refractivity contribution in [3.63, 3.8) is 0 Å². The maximum atomic E-state index is 11.9. The molecule has 23 heavy (non-hydrogen) atoms. The highest BCUT2D eigenvalue weighted by Crippen LogP contribution is 2.14. The van der Waals surface area contributed by atoms with Gasteiger partial charge in [0, 0.05) is 25.3 Å². The highest BCUT2D eigenvalue weighted by Gasteiger charge is 2.19. The molecule has 0 bridgehead atoms. The van der Waals surface area contributed by atoms with Gasteiger partial charge in [0.15, 0.2) is 0 Å². The summed E-state index contributed by atoms with van der Waals surface area (Å²) in [6.07, 6.45) is 3.25. The number of rotatable bonds is 7. The van der Waals surface area contributed by atoms with Gasteiger partial charge in [-0.2, -0.15) is 0 Å². The minimum Gasteiger partial charge on any atom is -0.357 e. The SMILES string of the molecule is CNC(=O)C(CC(C)C)NC(=O)/C=C/c1cccc([N+](=O)[O-])c1. The van der Waals surface area contributed by atoms with Crippen LogP contribution in [-0.2, 0) is 9.59 Å². The smallest absolute Gasteiger partial charge is 0.270 e. The number of benzene rings is 1. The van der Waals surface area contributed by atoms with Crippen LogP contribution in [0.25, 0.3) is 6.08 Å². The van der Waals surface area contributed by atoms with Crippen LogP contribution in [0.15, 0.2) is 30.3 Å². The monoisotopic (exact) mass is 319 g/mol. The second-order valence-corrected chi connectivity index (χ2v) is 5.49. The van der Waals surface area contributed by atoms with E-state index in [-0.39, 0.29) is 17.5 Å². The molecule has 2 amide bonds. The van der Waals surface area contributed by atoms with Crippen molar-refractivity contribution in [1.82, 2.24) is 10.6 Å². The second-order valence-electron chi connectivity index (χ2n) is 5.49. The average molecular weight is 319 g/mol. The topological polar surface area (TPSA) is 101 Å². The first kappa shape index (κ1) is 18.3. The third kappa shape index (κ3) is 6.29. The summed E-state index contributed by atoms with van der Waals surface area (Å²) in [4.78, 5) is 33.9. The largest absolute Gasteiger partial charge is 0.357 e. The van der Waals surface area contributed by atoms with E-state index in [4.69, 9.17) is 0 Å². The molecular weight excluding hydrogens is 298 g/mol. The van der Waals surface area contributed by atoms with E-state index in [1.165, 1.54) is 31.3 Å². The predicted molar refractivity (Wildman–Crippen MR) is 87.6 cm³/mol. The summed E-state index contributed by atoms with van der Waals surface area (Å²) in [5.41, 5.74) is 0.491. The summed E-state index contributed by atoms with van der Waals surface area (Å²) in [6, 6.07) is 5.33. The van der Waals surface area contributed by atoms with Gasteiger partial charge < -0.3 is 10.6 Å². The molecule has 0 aliphatic carbocycles.